The lowest BCUT2D eigenvalue weighted by atomic mass is 9.43. The molecule has 3 rings (SSSR count). The maximum Gasteiger partial charge on any atom is 0.0807 e. The second kappa shape index (κ2) is 3.71. The highest BCUT2D eigenvalue weighted by Gasteiger charge is 2.63. The Morgan fingerprint density at radius 1 is 1.12 bits per heavy atom. The van der Waals surface area contributed by atoms with Gasteiger partial charge in [0, 0.05) is 6.04 Å². The van der Waals surface area contributed by atoms with Crippen LogP contribution in [0.5, 0.6) is 0 Å². The molecule has 3 aliphatic carbocycles. The maximum atomic E-state index is 10.9. The minimum atomic E-state index is -0.496. The van der Waals surface area contributed by atoms with Gasteiger partial charge in [-0.25, -0.2) is 0 Å². The van der Waals surface area contributed by atoms with Crippen LogP contribution in [0.25, 0.3) is 0 Å². The monoisotopic (exact) mass is 225 g/mol. The molecule has 1 N–H and O–H groups in total. The Kier molecular flexibility index (Phi) is 2.87. The van der Waals surface area contributed by atoms with Crippen LogP contribution in [-0.4, -0.2) is 34.7 Å². The summed E-state index contributed by atoms with van der Waals surface area (Å²) in [7, 11) is 0. The molecule has 0 aromatic rings. The van der Waals surface area contributed by atoms with Crippen molar-refractivity contribution in [3.05, 3.63) is 0 Å². The van der Waals surface area contributed by atoms with Crippen LogP contribution in [-0.2, 0) is 0 Å². The third-order valence-electron chi connectivity index (χ3n) is 5.61. The first-order valence-electron chi connectivity index (χ1n) is 6.82. The van der Waals surface area contributed by atoms with Gasteiger partial charge in [0.05, 0.1) is 5.60 Å². The summed E-state index contributed by atoms with van der Waals surface area (Å²) in [5.41, 5.74) is -0.141. The first kappa shape index (κ1) is 12.4. The standard InChI is InChI=1S/C14H27NO/c1-6-15(7-2)12-9-10-8-11(13(10,3)4)14(12,5)16/h10-12,16H,6-9H2,1-5H3/t10-,11-,12+,14-/m0/s1. The van der Waals surface area contributed by atoms with Gasteiger partial charge in [0.15, 0.2) is 0 Å². The second-order valence-corrected chi connectivity index (χ2v) is 6.51. The lowest BCUT2D eigenvalue weighted by Crippen LogP contribution is -2.70. The molecule has 0 spiro atoms. The lowest BCUT2D eigenvalue weighted by Gasteiger charge is -2.66. The summed E-state index contributed by atoms with van der Waals surface area (Å²) in [5, 5.41) is 10.9. The fourth-order valence-electron chi connectivity index (χ4n) is 4.33. The zero-order chi connectivity index (χ0) is 12.1. The fraction of sp³-hybridized carbons (Fsp3) is 1.00. The van der Waals surface area contributed by atoms with Crippen molar-refractivity contribution in [2.24, 2.45) is 17.3 Å². The van der Waals surface area contributed by atoms with Gasteiger partial charge in [-0.1, -0.05) is 27.7 Å². The Bertz CT molecular complexity index is 268. The van der Waals surface area contributed by atoms with Crippen molar-refractivity contribution in [1.29, 1.82) is 0 Å². The van der Waals surface area contributed by atoms with Gasteiger partial charge in [-0.05, 0) is 50.1 Å². The van der Waals surface area contributed by atoms with Crippen molar-refractivity contribution < 1.29 is 5.11 Å². The molecule has 0 heterocycles. The third-order valence-corrected chi connectivity index (χ3v) is 5.61. The molecule has 0 amide bonds. The quantitative estimate of drug-likeness (QED) is 0.798. The van der Waals surface area contributed by atoms with Gasteiger partial charge >= 0.3 is 0 Å². The molecule has 0 aromatic carbocycles. The summed E-state index contributed by atoms with van der Waals surface area (Å²) in [5.74, 6) is 1.31. The molecule has 0 unspecified atom stereocenters. The van der Waals surface area contributed by atoms with Crippen LogP contribution in [0.4, 0.5) is 0 Å². The zero-order valence-electron chi connectivity index (χ0n) is 11.5. The molecular formula is C14H27NO. The van der Waals surface area contributed by atoms with Gasteiger partial charge < -0.3 is 5.11 Å². The molecule has 0 aliphatic heterocycles. The van der Waals surface area contributed by atoms with Crippen molar-refractivity contribution in [3.8, 4) is 0 Å². The van der Waals surface area contributed by atoms with Crippen LogP contribution >= 0.6 is 0 Å². The van der Waals surface area contributed by atoms with E-state index in [0.29, 0.717) is 17.4 Å². The van der Waals surface area contributed by atoms with Crippen LogP contribution < -0.4 is 0 Å². The van der Waals surface area contributed by atoms with E-state index in [1.807, 2.05) is 0 Å². The van der Waals surface area contributed by atoms with Gasteiger partial charge in [0.2, 0.25) is 0 Å². The summed E-state index contributed by atoms with van der Waals surface area (Å²) in [6.45, 7) is 13.2. The van der Waals surface area contributed by atoms with E-state index in [-0.39, 0.29) is 0 Å². The lowest BCUT2D eigenvalue weighted by molar-refractivity contribution is -0.229. The van der Waals surface area contributed by atoms with E-state index in [4.69, 9.17) is 0 Å². The summed E-state index contributed by atoms with van der Waals surface area (Å²) >= 11 is 0. The van der Waals surface area contributed by atoms with Gasteiger partial charge in [-0.3, -0.25) is 4.90 Å². The van der Waals surface area contributed by atoms with Gasteiger partial charge in [0.25, 0.3) is 0 Å². The molecule has 94 valence electrons. The number of rotatable bonds is 3. The van der Waals surface area contributed by atoms with Gasteiger partial charge in [-0.15, -0.1) is 0 Å². The normalized spacial score (nSPS) is 45.6. The molecule has 16 heavy (non-hydrogen) atoms. The molecule has 4 atom stereocenters. The summed E-state index contributed by atoms with van der Waals surface area (Å²) in [6, 6.07) is 0.374. The smallest absolute Gasteiger partial charge is 0.0807 e. The molecular weight excluding hydrogens is 198 g/mol. The first-order valence-corrected chi connectivity index (χ1v) is 6.82. The minimum absolute atomic E-state index is 0.354. The highest BCUT2D eigenvalue weighted by Crippen LogP contribution is 2.63. The maximum absolute atomic E-state index is 10.9. The Morgan fingerprint density at radius 2 is 1.69 bits per heavy atom. The molecule has 3 saturated carbocycles. The van der Waals surface area contributed by atoms with E-state index in [2.05, 4.69) is 39.5 Å². The van der Waals surface area contributed by atoms with E-state index in [1.165, 1.54) is 12.8 Å². The second-order valence-electron chi connectivity index (χ2n) is 6.51. The van der Waals surface area contributed by atoms with Crippen molar-refractivity contribution in [2.45, 2.75) is 59.1 Å². The van der Waals surface area contributed by atoms with Crippen LogP contribution in [0.3, 0.4) is 0 Å². The Labute approximate surface area is 100 Å². The number of fused-ring (bicyclic) bond motifs is 2. The van der Waals surface area contributed by atoms with Crippen molar-refractivity contribution in [2.75, 3.05) is 13.1 Å². The predicted octanol–water partition coefficient (Wildman–Crippen LogP) is 2.51. The van der Waals surface area contributed by atoms with E-state index >= 15 is 0 Å². The largest absolute Gasteiger partial charge is 0.388 e. The zero-order valence-corrected chi connectivity index (χ0v) is 11.5. The van der Waals surface area contributed by atoms with Crippen LogP contribution in [0.15, 0.2) is 0 Å². The molecule has 3 aliphatic rings. The number of likely N-dealkylation sites (N-methyl/N-ethyl adjacent to an activating group) is 1. The third kappa shape index (κ3) is 1.46. The predicted molar refractivity (Wildman–Crippen MR) is 67.3 cm³/mol. The molecule has 0 saturated heterocycles. The Hall–Kier alpha value is -0.0800. The Balaban J connectivity index is 2.20. The van der Waals surface area contributed by atoms with E-state index in [9.17, 15) is 5.11 Å². The van der Waals surface area contributed by atoms with Crippen molar-refractivity contribution >= 4 is 0 Å². The molecule has 0 radical (unpaired) electrons. The van der Waals surface area contributed by atoms with E-state index in [0.717, 1.165) is 19.0 Å². The number of hydrogen-bond donors (Lipinski definition) is 1. The average Bonchev–Trinajstić information content (AvgIpc) is 2.20. The fourth-order valence-corrected chi connectivity index (χ4v) is 4.33. The number of nitrogens with zero attached hydrogens (tertiary/aromatic N) is 1. The SMILES string of the molecule is CCN(CC)[C@@H]1C[C@@H]2C[C@@H](C2(C)C)[C@]1(C)O. The van der Waals surface area contributed by atoms with Crippen molar-refractivity contribution in [1.82, 2.24) is 4.90 Å². The van der Waals surface area contributed by atoms with Crippen LogP contribution in [0.1, 0.15) is 47.5 Å². The molecule has 2 nitrogen and oxygen atoms in total. The molecule has 2 bridgehead atoms. The topological polar surface area (TPSA) is 23.5 Å². The minimum Gasteiger partial charge on any atom is -0.388 e. The van der Waals surface area contributed by atoms with Crippen LogP contribution in [0, 0.1) is 17.3 Å². The highest BCUT2D eigenvalue weighted by atomic mass is 16.3. The summed E-state index contributed by atoms with van der Waals surface area (Å²) in [4.78, 5) is 2.44. The van der Waals surface area contributed by atoms with Gasteiger partial charge in [0.1, 0.15) is 0 Å². The van der Waals surface area contributed by atoms with E-state index in [1.54, 1.807) is 0 Å². The first-order chi connectivity index (χ1) is 7.35. The van der Waals surface area contributed by atoms with Crippen LogP contribution in [0.2, 0.25) is 0 Å². The Morgan fingerprint density at radius 3 is 2.06 bits per heavy atom. The average molecular weight is 225 g/mol. The molecule has 0 aromatic heterocycles. The highest BCUT2D eigenvalue weighted by molar-refractivity contribution is 5.14. The molecule has 3 fully saturated rings. The summed E-state index contributed by atoms with van der Waals surface area (Å²) < 4.78 is 0. The number of aliphatic hydroxyl groups is 1. The molecule has 2 heteroatoms. The summed E-state index contributed by atoms with van der Waals surface area (Å²) in [6.07, 6.45) is 2.41. The van der Waals surface area contributed by atoms with Gasteiger partial charge in [-0.2, -0.15) is 0 Å². The van der Waals surface area contributed by atoms with Crippen molar-refractivity contribution in [3.63, 3.8) is 0 Å². The van der Waals surface area contributed by atoms with E-state index < -0.39 is 5.60 Å². The number of hydrogen-bond acceptors (Lipinski definition) is 2.